The van der Waals surface area contributed by atoms with Crippen molar-refractivity contribution in [2.45, 2.75) is 19.1 Å². The number of aliphatic hydroxyl groups is 1. The molecule has 0 heterocycles. The van der Waals surface area contributed by atoms with E-state index in [1.807, 2.05) is 48.5 Å². The molecule has 6 heteroatoms. The van der Waals surface area contributed by atoms with Gasteiger partial charge in [0.1, 0.15) is 0 Å². The van der Waals surface area contributed by atoms with Gasteiger partial charge in [0.15, 0.2) is 0 Å². The number of hydrogen-bond donors (Lipinski definition) is 4. The van der Waals surface area contributed by atoms with E-state index in [1.54, 1.807) is 0 Å². The number of hydrogen-bond acceptors (Lipinski definition) is 4. The van der Waals surface area contributed by atoms with Gasteiger partial charge >= 0.3 is 11.9 Å². The maximum Gasteiger partial charge on any atom is 0.414 e. The van der Waals surface area contributed by atoms with E-state index in [0.29, 0.717) is 6.54 Å². The van der Waals surface area contributed by atoms with Gasteiger partial charge in [-0.1, -0.05) is 60.7 Å². The second-order valence-corrected chi connectivity index (χ2v) is 5.08. The molecule has 0 aliphatic carbocycles. The zero-order chi connectivity index (χ0) is 17.9. The average Bonchev–Trinajstić information content (AvgIpc) is 2.61. The van der Waals surface area contributed by atoms with E-state index < -0.39 is 18.0 Å². The number of nitrogens with one attached hydrogen (secondary N) is 1. The van der Waals surface area contributed by atoms with Crippen molar-refractivity contribution in [2.75, 3.05) is 6.54 Å². The fourth-order valence-corrected chi connectivity index (χ4v) is 1.94. The van der Waals surface area contributed by atoms with Gasteiger partial charge in [0.2, 0.25) is 0 Å². The maximum atomic E-state index is 10.1. The molecule has 128 valence electrons. The van der Waals surface area contributed by atoms with Crippen LogP contribution in [0.3, 0.4) is 0 Å². The normalized spacial score (nSPS) is 12.4. The molecule has 6 nitrogen and oxygen atoms in total. The molecule has 0 bridgehead atoms. The van der Waals surface area contributed by atoms with Crippen molar-refractivity contribution in [3.8, 4) is 0 Å². The van der Waals surface area contributed by atoms with E-state index in [9.17, 15) is 5.11 Å². The molecule has 0 aromatic heterocycles. The summed E-state index contributed by atoms with van der Waals surface area (Å²) in [6, 6.07) is 20.2. The van der Waals surface area contributed by atoms with Crippen LogP contribution in [0.2, 0.25) is 0 Å². The number of rotatable bonds is 5. The summed E-state index contributed by atoms with van der Waals surface area (Å²) in [5.41, 5.74) is 2.18. The second kappa shape index (κ2) is 10.1. The summed E-state index contributed by atoms with van der Waals surface area (Å²) < 4.78 is 0. The molecule has 0 saturated carbocycles. The van der Waals surface area contributed by atoms with Crippen LogP contribution in [-0.2, 0) is 9.59 Å². The van der Waals surface area contributed by atoms with Gasteiger partial charge in [-0.3, -0.25) is 0 Å². The number of carboxylic acid groups (broad SMARTS) is 2. The van der Waals surface area contributed by atoms with Crippen LogP contribution in [-0.4, -0.2) is 33.8 Å². The van der Waals surface area contributed by atoms with Crippen LogP contribution in [0.25, 0.3) is 0 Å². The Balaban J connectivity index is 0.000000413. The third-order valence-electron chi connectivity index (χ3n) is 3.28. The lowest BCUT2D eigenvalue weighted by Crippen LogP contribution is -2.24. The molecule has 4 N–H and O–H groups in total. The summed E-state index contributed by atoms with van der Waals surface area (Å²) in [6.07, 6.45) is -0.461. The second-order valence-electron chi connectivity index (χ2n) is 5.08. The molecule has 24 heavy (non-hydrogen) atoms. The van der Waals surface area contributed by atoms with Gasteiger partial charge in [-0.15, -0.1) is 0 Å². The van der Waals surface area contributed by atoms with Gasteiger partial charge in [0.05, 0.1) is 6.10 Å². The smallest absolute Gasteiger partial charge is 0.414 e. The highest BCUT2D eigenvalue weighted by molar-refractivity contribution is 6.27. The first-order valence-corrected chi connectivity index (χ1v) is 7.39. The molecule has 0 saturated heterocycles. The minimum Gasteiger partial charge on any atom is -0.473 e. The van der Waals surface area contributed by atoms with Gasteiger partial charge in [-0.2, -0.15) is 0 Å². The minimum absolute atomic E-state index is 0.240. The van der Waals surface area contributed by atoms with Crippen molar-refractivity contribution in [1.82, 2.24) is 5.32 Å². The monoisotopic (exact) mass is 331 g/mol. The fraction of sp³-hybridized carbons (Fsp3) is 0.222. The Labute approximate surface area is 140 Å². The van der Waals surface area contributed by atoms with Crippen LogP contribution in [0.1, 0.15) is 30.2 Å². The molecule has 0 radical (unpaired) electrons. The van der Waals surface area contributed by atoms with Gasteiger partial charge in [-0.05, 0) is 18.1 Å². The molecular weight excluding hydrogens is 310 g/mol. The Bertz CT molecular complexity index is 573. The van der Waals surface area contributed by atoms with Crippen molar-refractivity contribution < 1.29 is 24.9 Å². The quantitative estimate of drug-likeness (QED) is 0.626. The Morgan fingerprint density at radius 2 is 1.29 bits per heavy atom. The molecule has 2 rings (SSSR count). The average molecular weight is 331 g/mol. The van der Waals surface area contributed by atoms with Gasteiger partial charge < -0.3 is 20.6 Å². The Kier molecular flexibility index (Phi) is 8.18. The van der Waals surface area contributed by atoms with Crippen LogP contribution in [0.15, 0.2) is 60.7 Å². The fourth-order valence-electron chi connectivity index (χ4n) is 1.94. The Morgan fingerprint density at radius 3 is 1.71 bits per heavy atom. The van der Waals surface area contributed by atoms with Crippen molar-refractivity contribution in [1.29, 1.82) is 0 Å². The van der Waals surface area contributed by atoms with Gasteiger partial charge in [0.25, 0.3) is 0 Å². The van der Waals surface area contributed by atoms with Gasteiger partial charge in [0, 0.05) is 12.6 Å². The number of benzene rings is 2. The molecule has 2 aromatic carbocycles. The maximum absolute atomic E-state index is 10.1. The lowest BCUT2D eigenvalue weighted by atomic mass is 10.1. The predicted molar refractivity (Wildman–Crippen MR) is 89.5 cm³/mol. The van der Waals surface area contributed by atoms with Gasteiger partial charge in [-0.25, -0.2) is 9.59 Å². The first-order chi connectivity index (χ1) is 11.4. The number of aliphatic carboxylic acids is 2. The van der Waals surface area contributed by atoms with Crippen LogP contribution < -0.4 is 5.32 Å². The molecule has 2 atom stereocenters. The summed E-state index contributed by atoms with van der Waals surface area (Å²) in [7, 11) is 0. The van der Waals surface area contributed by atoms with E-state index in [4.69, 9.17) is 19.8 Å². The number of aliphatic hydroxyl groups excluding tert-OH is 1. The zero-order valence-electron chi connectivity index (χ0n) is 13.3. The first-order valence-electron chi connectivity index (χ1n) is 7.39. The first kappa shape index (κ1) is 19.3. The van der Waals surface area contributed by atoms with Crippen LogP contribution in [0.5, 0.6) is 0 Å². The molecule has 0 amide bonds. The predicted octanol–water partition coefficient (Wildman–Crippen LogP) is 2.23. The summed E-state index contributed by atoms with van der Waals surface area (Å²) in [5.74, 6) is -3.65. The molecule has 2 unspecified atom stereocenters. The topological polar surface area (TPSA) is 107 Å². The molecule has 0 fully saturated rings. The van der Waals surface area contributed by atoms with E-state index in [1.165, 1.54) is 5.56 Å². The minimum atomic E-state index is -1.82. The van der Waals surface area contributed by atoms with Crippen LogP contribution in [0, 0.1) is 0 Å². The summed E-state index contributed by atoms with van der Waals surface area (Å²) in [5, 5.41) is 28.2. The largest absolute Gasteiger partial charge is 0.473 e. The lowest BCUT2D eigenvalue weighted by molar-refractivity contribution is -0.159. The van der Waals surface area contributed by atoms with Crippen molar-refractivity contribution >= 4 is 11.9 Å². The third kappa shape index (κ3) is 7.04. The summed E-state index contributed by atoms with van der Waals surface area (Å²) in [4.78, 5) is 18.2. The van der Waals surface area contributed by atoms with Crippen molar-refractivity contribution in [3.63, 3.8) is 0 Å². The zero-order valence-corrected chi connectivity index (χ0v) is 13.3. The van der Waals surface area contributed by atoms with E-state index in [-0.39, 0.29) is 6.04 Å². The Morgan fingerprint density at radius 1 is 0.875 bits per heavy atom. The highest BCUT2D eigenvalue weighted by Crippen LogP contribution is 2.15. The standard InChI is InChI=1S/C16H19NO.C2H2O4/c1-13(14-8-4-2-5-9-14)17-12-16(18)15-10-6-3-7-11-15;3-1(4)2(5)6/h2-11,13,16-18H,12H2,1H3;(H,3,4)(H,5,6). The molecular formula is C18H21NO5. The van der Waals surface area contributed by atoms with Crippen LogP contribution in [0.4, 0.5) is 0 Å². The molecule has 0 aliphatic heterocycles. The molecule has 2 aromatic rings. The third-order valence-corrected chi connectivity index (χ3v) is 3.28. The highest BCUT2D eigenvalue weighted by Gasteiger charge is 2.09. The number of carboxylic acids is 2. The van der Waals surface area contributed by atoms with E-state index in [0.717, 1.165) is 5.56 Å². The van der Waals surface area contributed by atoms with Crippen LogP contribution >= 0.6 is 0 Å². The summed E-state index contributed by atoms with van der Waals surface area (Å²) in [6.45, 7) is 2.66. The van der Waals surface area contributed by atoms with Crippen molar-refractivity contribution in [2.24, 2.45) is 0 Å². The highest BCUT2D eigenvalue weighted by atomic mass is 16.4. The number of carbonyl (C=O) groups is 2. The Hall–Kier alpha value is -2.70. The van der Waals surface area contributed by atoms with E-state index >= 15 is 0 Å². The SMILES string of the molecule is CC(NCC(O)c1ccccc1)c1ccccc1.O=C(O)C(=O)O. The summed E-state index contributed by atoms with van der Waals surface area (Å²) >= 11 is 0. The molecule has 0 aliphatic rings. The van der Waals surface area contributed by atoms with E-state index in [2.05, 4.69) is 24.4 Å². The van der Waals surface area contributed by atoms with Crippen molar-refractivity contribution in [3.05, 3.63) is 71.8 Å². The molecule has 0 spiro atoms. The lowest BCUT2D eigenvalue weighted by Gasteiger charge is -2.17.